The van der Waals surface area contributed by atoms with Gasteiger partial charge in [0.1, 0.15) is 10.6 Å². The van der Waals surface area contributed by atoms with Crippen molar-refractivity contribution in [3.63, 3.8) is 0 Å². The van der Waals surface area contributed by atoms with Gasteiger partial charge in [0.25, 0.3) is 6.43 Å². The topological polar surface area (TPSA) is 66.8 Å². The van der Waals surface area contributed by atoms with Gasteiger partial charge in [0, 0.05) is 11.0 Å². The summed E-state index contributed by atoms with van der Waals surface area (Å²) in [6.07, 6.45) is -2.84. The molecule has 120 valence electrons. The smallest absolute Gasteiger partial charge is 0.252 e. The molecule has 21 heavy (non-hydrogen) atoms. The van der Waals surface area contributed by atoms with E-state index in [9.17, 15) is 17.2 Å². The molecule has 5 nitrogen and oxygen atoms in total. The lowest BCUT2D eigenvalue weighted by Crippen LogP contribution is -2.37. The summed E-state index contributed by atoms with van der Waals surface area (Å²) in [6, 6.07) is 4.32. The molecule has 0 aliphatic carbocycles. The molecule has 1 aromatic rings. The second-order valence-corrected chi connectivity index (χ2v) is 6.82. The van der Waals surface area contributed by atoms with Crippen LogP contribution >= 0.6 is 15.9 Å². The third-order valence-corrected chi connectivity index (χ3v) is 4.89. The predicted octanol–water partition coefficient (Wildman–Crippen LogP) is 2.10. The molecule has 1 N–H and O–H groups in total. The van der Waals surface area contributed by atoms with Crippen LogP contribution in [0.2, 0.25) is 0 Å². The number of ether oxygens (including phenoxy) is 1. The highest BCUT2D eigenvalue weighted by Gasteiger charge is 2.30. The molecule has 9 heteroatoms. The van der Waals surface area contributed by atoms with Crippen molar-refractivity contribution >= 4 is 26.0 Å². The number of aliphatic hydroxyl groups excluding tert-OH is 1. The van der Waals surface area contributed by atoms with Crippen molar-refractivity contribution in [2.45, 2.75) is 18.2 Å². The van der Waals surface area contributed by atoms with Gasteiger partial charge in [-0.2, -0.15) is 4.31 Å². The van der Waals surface area contributed by atoms with Crippen LogP contribution in [-0.4, -0.2) is 50.6 Å². The van der Waals surface area contributed by atoms with E-state index in [-0.39, 0.29) is 17.3 Å². The quantitative estimate of drug-likeness (QED) is 0.741. The summed E-state index contributed by atoms with van der Waals surface area (Å²) < 4.78 is 56.3. The first-order chi connectivity index (χ1) is 9.82. The normalized spacial score (nSPS) is 12.1. The Balaban J connectivity index is 3.29. The van der Waals surface area contributed by atoms with Gasteiger partial charge in [0.2, 0.25) is 10.0 Å². The fourth-order valence-corrected chi connectivity index (χ4v) is 3.75. The lowest BCUT2D eigenvalue weighted by Gasteiger charge is -2.22. The Kier molecular flexibility index (Phi) is 6.98. The van der Waals surface area contributed by atoms with Crippen LogP contribution in [0.1, 0.15) is 6.92 Å². The number of nitrogens with zero attached hydrogens (tertiary/aromatic N) is 1. The Hall–Kier alpha value is -0.770. The molecule has 1 rings (SSSR count). The van der Waals surface area contributed by atoms with Crippen LogP contribution in [0, 0.1) is 0 Å². The van der Waals surface area contributed by atoms with Crippen molar-refractivity contribution in [1.82, 2.24) is 4.31 Å². The molecule has 0 radical (unpaired) electrons. The lowest BCUT2D eigenvalue weighted by molar-refractivity contribution is 0.113. The van der Waals surface area contributed by atoms with Crippen LogP contribution in [0.5, 0.6) is 5.75 Å². The third kappa shape index (κ3) is 4.87. The average Bonchev–Trinajstić information content (AvgIpc) is 2.40. The van der Waals surface area contributed by atoms with Crippen molar-refractivity contribution in [2.24, 2.45) is 0 Å². The fraction of sp³-hybridized carbons (Fsp3) is 0.500. The highest BCUT2D eigenvalue weighted by Crippen LogP contribution is 2.30. The van der Waals surface area contributed by atoms with Gasteiger partial charge in [-0.05, 0) is 25.1 Å². The number of aliphatic hydroxyl groups is 1. The molecule has 0 spiro atoms. The van der Waals surface area contributed by atoms with E-state index in [1.165, 1.54) is 12.1 Å². The molecule has 0 saturated heterocycles. The fourth-order valence-electron chi connectivity index (χ4n) is 1.67. The first-order valence-corrected chi connectivity index (χ1v) is 8.37. The summed E-state index contributed by atoms with van der Waals surface area (Å²) in [5.41, 5.74) is 0. The second kappa shape index (κ2) is 8.02. The molecular formula is C12H16BrF2NO4S. The number of hydrogen-bond donors (Lipinski definition) is 1. The zero-order valence-electron chi connectivity index (χ0n) is 11.3. The molecule has 0 atom stereocenters. The maximum absolute atomic E-state index is 12.6. The maximum Gasteiger partial charge on any atom is 0.252 e. The number of alkyl halides is 2. The number of benzene rings is 1. The molecule has 0 aromatic heterocycles. The van der Waals surface area contributed by atoms with E-state index in [1.807, 2.05) is 0 Å². The monoisotopic (exact) mass is 387 g/mol. The van der Waals surface area contributed by atoms with E-state index in [0.717, 1.165) is 0 Å². The van der Waals surface area contributed by atoms with Gasteiger partial charge in [0.05, 0.1) is 19.8 Å². The molecule has 0 saturated carbocycles. The van der Waals surface area contributed by atoms with Crippen molar-refractivity contribution in [2.75, 3.05) is 26.3 Å². The zero-order valence-corrected chi connectivity index (χ0v) is 13.7. The van der Waals surface area contributed by atoms with Crippen LogP contribution in [0.25, 0.3) is 0 Å². The van der Waals surface area contributed by atoms with Gasteiger partial charge in [-0.25, -0.2) is 17.2 Å². The van der Waals surface area contributed by atoms with Crippen molar-refractivity contribution < 1.29 is 27.0 Å². The molecule has 0 amide bonds. The number of rotatable bonds is 8. The SMILES string of the molecule is CCOc1ccc(Br)cc1S(=O)(=O)N(CCO)CC(F)F. The van der Waals surface area contributed by atoms with Gasteiger partial charge >= 0.3 is 0 Å². The predicted molar refractivity (Wildman–Crippen MR) is 77.2 cm³/mol. The second-order valence-electron chi connectivity index (χ2n) is 4.00. The van der Waals surface area contributed by atoms with Crippen LogP contribution in [-0.2, 0) is 10.0 Å². The summed E-state index contributed by atoms with van der Waals surface area (Å²) in [5.74, 6) is 0.0814. The number of halogens is 3. The van der Waals surface area contributed by atoms with Crippen LogP contribution < -0.4 is 4.74 Å². The van der Waals surface area contributed by atoms with Crippen LogP contribution in [0.3, 0.4) is 0 Å². The molecule has 1 aromatic carbocycles. The Bertz CT molecular complexity index is 568. The van der Waals surface area contributed by atoms with Crippen LogP contribution in [0.4, 0.5) is 8.78 Å². The molecule has 0 unspecified atom stereocenters. The molecule has 0 aliphatic rings. The van der Waals surface area contributed by atoms with Gasteiger partial charge in [-0.1, -0.05) is 15.9 Å². The number of hydrogen-bond acceptors (Lipinski definition) is 4. The van der Waals surface area contributed by atoms with Gasteiger partial charge in [0.15, 0.2) is 0 Å². The minimum atomic E-state index is -4.20. The minimum absolute atomic E-state index is 0.0814. The van der Waals surface area contributed by atoms with Crippen LogP contribution in [0.15, 0.2) is 27.6 Å². The summed E-state index contributed by atoms with van der Waals surface area (Å²) in [5, 5.41) is 8.90. The Labute approximate surface area is 130 Å². The molecular weight excluding hydrogens is 372 g/mol. The first-order valence-electron chi connectivity index (χ1n) is 6.14. The highest BCUT2D eigenvalue weighted by atomic mass is 79.9. The Morgan fingerprint density at radius 3 is 2.62 bits per heavy atom. The average molecular weight is 388 g/mol. The number of sulfonamides is 1. The largest absolute Gasteiger partial charge is 0.492 e. The maximum atomic E-state index is 12.6. The minimum Gasteiger partial charge on any atom is -0.492 e. The zero-order chi connectivity index (χ0) is 16.0. The summed E-state index contributed by atoms with van der Waals surface area (Å²) in [7, 11) is -4.20. The third-order valence-electron chi connectivity index (χ3n) is 2.51. The van der Waals surface area contributed by atoms with Gasteiger partial charge in [-0.3, -0.25) is 0 Å². The van der Waals surface area contributed by atoms with E-state index in [1.54, 1.807) is 13.0 Å². The Morgan fingerprint density at radius 2 is 2.10 bits per heavy atom. The summed E-state index contributed by atoms with van der Waals surface area (Å²) in [6.45, 7) is -0.0300. The highest BCUT2D eigenvalue weighted by molar-refractivity contribution is 9.10. The molecule has 0 heterocycles. The summed E-state index contributed by atoms with van der Waals surface area (Å²) in [4.78, 5) is -0.215. The van der Waals surface area contributed by atoms with Gasteiger partial charge in [-0.15, -0.1) is 0 Å². The van der Waals surface area contributed by atoms with E-state index >= 15 is 0 Å². The Morgan fingerprint density at radius 1 is 1.43 bits per heavy atom. The van der Waals surface area contributed by atoms with Crippen molar-refractivity contribution in [1.29, 1.82) is 0 Å². The van der Waals surface area contributed by atoms with E-state index in [4.69, 9.17) is 9.84 Å². The van der Waals surface area contributed by atoms with Gasteiger partial charge < -0.3 is 9.84 Å². The standard InChI is InChI=1S/C12H16BrF2NO4S/c1-2-20-10-4-3-9(13)7-11(10)21(18,19)16(5-6-17)8-12(14)15/h3-4,7,12,17H,2,5-6,8H2,1H3. The molecule has 0 aliphatic heterocycles. The van der Waals surface area contributed by atoms with E-state index in [2.05, 4.69) is 15.9 Å². The van der Waals surface area contributed by atoms with E-state index in [0.29, 0.717) is 8.78 Å². The van der Waals surface area contributed by atoms with Crippen molar-refractivity contribution in [3.05, 3.63) is 22.7 Å². The summed E-state index contributed by atoms with van der Waals surface area (Å²) >= 11 is 3.14. The molecule has 0 bridgehead atoms. The van der Waals surface area contributed by atoms with Crippen molar-refractivity contribution in [3.8, 4) is 5.75 Å². The first kappa shape index (κ1) is 18.3. The van der Waals surface area contributed by atoms with E-state index < -0.39 is 36.1 Å². The molecule has 0 fully saturated rings. The lowest BCUT2D eigenvalue weighted by atomic mass is 10.3.